The number of allylic oxidation sites excluding steroid dienone is 6. The Morgan fingerprint density at radius 1 is 0.978 bits per heavy atom. The highest BCUT2D eigenvalue weighted by molar-refractivity contribution is 7.58. The zero-order valence-corrected chi connectivity index (χ0v) is 27.7. The molecule has 2 N–H and O–H groups in total. The van der Waals surface area contributed by atoms with Gasteiger partial charge >= 0.3 is 5.97 Å². The maximum atomic E-state index is 11.9. The number of unbranched alkanes of at least 4 members (excludes halogenated alkanes) is 2. The molecule has 0 fully saturated rings. The number of rotatable bonds is 11. The highest BCUT2D eigenvalue weighted by atomic mass is 31.2. The average molecular weight is 627 g/mol. The fourth-order valence-corrected chi connectivity index (χ4v) is 7.59. The number of benzene rings is 3. The van der Waals surface area contributed by atoms with E-state index >= 15 is 0 Å². The summed E-state index contributed by atoms with van der Waals surface area (Å²) in [6.45, 7) is 12.3. The van der Waals surface area contributed by atoms with Crippen LogP contribution in [0.4, 0.5) is 11.4 Å². The van der Waals surface area contributed by atoms with Gasteiger partial charge in [-0.2, -0.15) is 4.58 Å². The molecule has 0 bridgehead atoms. The summed E-state index contributed by atoms with van der Waals surface area (Å²) in [6, 6.07) is 17.7. The van der Waals surface area contributed by atoms with Gasteiger partial charge in [0.1, 0.15) is 6.54 Å². The van der Waals surface area contributed by atoms with Crippen molar-refractivity contribution in [3.63, 3.8) is 0 Å². The van der Waals surface area contributed by atoms with E-state index < -0.39 is 19.0 Å². The van der Waals surface area contributed by atoms with Crippen LogP contribution in [0.25, 0.3) is 10.8 Å². The molecule has 1 unspecified atom stereocenters. The van der Waals surface area contributed by atoms with Crippen molar-refractivity contribution in [1.82, 2.24) is 0 Å². The zero-order chi connectivity index (χ0) is 32.6. The molecule has 2 aliphatic heterocycles. The first-order chi connectivity index (χ1) is 21.3. The third kappa shape index (κ3) is 6.22. The third-order valence-electron chi connectivity index (χ3n) is 9.27. The van der Waals surface area contributed by atoms with Crippen molar-refractivity contribution in [1.29, 1.82) is 0 Å². The van der Waals surface area contributed by atoms with Gasteiger partial charge in [0.25, 0.3) is 0 Å². The molecule has 3 aromatic carbocycles. The number of anilines is 1. The molecule has 2 aliphatic rings. The predicted molar refractivity (Wildman–Crippen MR) is 181 cm³/mol. The second-order valence-electron chi connectivity index (χ2n) is 12.9. The molecule has 0 saturated carbocycles. The fourth-order valence-electron chi connectivity index (χ4n) is 7.04. The van der Waals surface area contributed by atoms with Gasteiger partial charge in [0.15, 0.2) is 13.3 Å². The van der Waals surface area contributed by atoms with E-state index in [1.54, 1.807) is 12.1 Å². The van der Waals surface area contributed by atoms with Crippen LogP contribution in [-0.2, 0) is 20.2 Å². The highest BCUT2D eigenvalue weighted by Gasteiger charge is 2.45. The van der Waals surface area contributed by atoms with Gasteiger partial charge in [-0.25, -0.2) is 0 Å². The number of carboxylic acids is 1. The van der Waals surface area contributed by atoms with E-state index in [1.807, 2.05) is 12.2 Å². The molecular weight excluding hydrogens is 583 g/mol. The molecule has 0 radical (unpaired) electrons. The number of aliphatic carboxylic acids is 1. The molecule has 0 amide bonds. The standard InChI is InChI=1S/C37H43N2O5P/c1-6-38-30-23-21-27(45(42,43)44)25-29(30)36(2,3)32(38)17-9-7-10-18-33-37(4,5)35-28-16-13-12-15-26(28)20-22-31(35)39(33)24-14-8-11-19-34(40)41/h7,9-10,12-13,15-18,20-23,25H,6,8,11,14,19,24H2,1-5H3,(H2-,40,41,42,43,44). The molecule has 0 spiro atoms. The van der Waals surface area contributed by atoms with Crippen molar-refractivity contribution in [2.45, 2.75) is 71.1 Å². The van der Waals surface area contributed by atoms with Crippen molar-refractivity contribution in [3.05, 3.63) is 102 Å². The summed E-state index contributed by atoms with van der Waals surface area (Å²) in [7, 11) is -4.60. The number of carboxylic acid groups (broad SMARTS) is 1. The fraction of sp³-hybridized carbons (Fsp3) is 0.351. The normalized spacial score (nSPS) is 19.2. The van der Waals surface area contributed by atoms with E-state index in [-0.39, 0.29) is 17.1 Å². The van der Waals surface area contributed by atoms with Gasteiger partial charge in [-0.1, -0.05) is 56.3 Å². The second kappa shape index (κ2) is 12.6. The minimum absolute atomic E-state index is 0.0680. The van der Waals surface area contributed by atoms with Crippen LogP contribution in [0.2, 0.25) is 0 Å². The molecule has 0 aromatic heterocycles. The lowest BCUT2D eigenvalue weighted by Gasteiger charge is -2.25. The number of nitrogens with zero attached hydrogens (tertiary/aromatic N) is 2. The number of likely N-dealkylation sites (N-methyl/N-ethyl adjacent to an activating group) is 1. The van der Waals surface area contributed by atoms with Crippen LogP contribution in [-0.4, -0.2) is 39.3 Å². The molecule has 0 saturated heterocycles. The lowest BCUT2D eigenvalue weighted by molar-refractivity contribution is -0.438. The van der Waals surface area contributed by atoms with Gasteiger partial charge < -0.3 is 24.4 Å². The Morgan fingerprint density at radius 3 is 2.44 bits per heavy atom. The van der Waals surface area contributed by atoms with Gasteiger partial charge in [-0.05, 0) is 80.3 Å². The minimum atomic E-state index is -4.60. The van der Waals surface area contributed by atoms with Crippen molar-refractivity contribution in [2.24, 2.45) is 0 Å². The zero-order valence-electron chi connectivity index (χ0n) is 26.8. The highest BCUT2D eigenvalue weighted by Crippen LogP contribution is 2.48. The van der Waals surface area contributed by atoms with Crippen molar-refractivity contribution in [2.75, 3.05) is 18.0 Å². The summed E-state index contributed by atoms with van der Waals surface area (Å²) < 4.78 is 14.3. The van der Waals surface area contributed by atoms with Crippen LogP contribution >= 0.6 is 7.60 Å². The monoisotopic (exact) mass is 626 g/mol. The largest absolute Gasteiger partial charge is 0.775 e. The molecule has 236 valence electrons. The average Bonchev–Trinajstić information content (AvgIpc) is 3.34. The van der Waals surface area contributed by atoms with Gasteiger partial charge in [-0.3, -0.25) is 4.79 Å². The number of fused-ring (bicyclic) bond motifs is 4. The van der Waals surface area contributed by atoms with Crippen LogP contribution in [0.15, 0.2) is 90.7 Å². The minimum Gasteiger partial charge on any atom is -0.775 e. The van der Waals surface area contributed by atoms with Gasteiger partial charge in [-0.15, -0.1) is 0 Å². The van der Waals surface area contributed by atoms with Gasteiger partial charge in [0.2, 0.25) is 5.69 Å². The third-order valence-corrected chi connectivity index (χ3v) is 10.2. The molecular formula is C37H43N2O5P. The Balaban J connectivity index is 1.45. The smallest absolute Gasteiger partial charge is 0.303 e. The number of carbonyl (C=O) groups is 1. The molecule has 0 aliphatic carbocycles. The quantitative estimate of drug-likeness (QED) is 0.105. The Bertz CT molecular complexity index is 1810. The van der Waals surface area contributed by atoms with E-state index in [1.165, 1.54) is 33.8 Å². The van der Waals surface area contributed by atoms with E-state index in [9.17, 15) is 19.1 Å². The van der Waals surface area contributed by atoms with Crippen LogP contribution in [0.1, 0.15) is 71.4 Å². The lowest BCUT2D eigenvalue weighted by atomic mass is 9.79. The summed E-state index contributed by atoms with van der Waals surface area (Å²) in [5.74, 6) is -0.749. The summed E-state index contributed by atoms with van der Waals surface area (Å²) >= 11 is 0. The molecule has 7 nitrogen and oxygen atoms in total. The molecule has 45 heavy (non-hydrogen) atoms. The Morgan fingerprint density at radius 2 is 1.73 bits per heavy atom. The van der Waals surface area contributed by atoms with Crippen molar-refractivity contribution >= 4 is 46.7 Å². The van der Waals surface area contributed by atoms with E-state index in [0.717, 1.165) is 42.9 Å². The Hall–Kier alpha value is -3.77. The maximum Gasteiger partial charge on any atom is 0.303 e. The van der Waals surface area contributed by atoms with Gasteiger partial charge in [0, 0.05) is 59.2 Å². The molecule has 3 aromatic rings. The maximum absolute atomic E-state index is 11.9. The van der Waals surface area contributed by atoms with Crippen LogP contribution in [0.3, 0.4) is 0 Å². The van der Waals surface area contributed by atoms with Crippen molar-refractivity contribution < 1.29 is 28.8 Å². The second-order valence-corrected chi connectivity index (χ2v) is 14.5. The first kappa shape index (κ1) is 32.6. The summed E-state index contributed by atoms with van der Waals surface area (Å²) in [5.41, 5.74) is 5.90. The summed E-state index contributed by atoms with van der Waals surface area (Å²) in [4.78, 5) is 34.7. The Kier molecular flexibility index (Phi) is 9.10. The van der Waals surface area contributed by atoms with E-state index in [0.29, 0.717) is 6.42 Å². The predicted octanol–water partition coefficient (Wildman–Crippen LogP) is 6.85. The van der Waals surface area contributed by atoms with Gasteiger partial charge in [0.05, 0.1) is 5.41 Å². The van der Waals surface area contributed by atoms with Crippen LogP contribution < -0.4 is 15.1 Å². The first-order valence-corrected chi connectivity index (χ1v) is 17.3. The first-order valence-electron chi connectivity index (χ1n) is 15.7. The summed E-state index contributed by atoms with van der Waals surface area (Å²) in [6.07, 6.45) is 13.0. The van der Waals surface area contributed by atoms with Crippen LogP contribution in [0.5, 0.6) is 0 Å². The van der Waals surface area contributed by atoms with Crippen LogP contribution in [0, 0.1) is 0 Å². The van der Waals surface area contributed by atoms with E-state index in [2.05, 4.69) is 98.7 Å². The number of hydrogen-bond donors (Lipinski definition) is 2. The number of hydrogen-bond acceptors (Lipinski definition) is 4. The summed E-state index contributed by atoms with van der Waals surface area (Å²) in [5, 5.41) is 11.4. The molecule has 5 rings (SSSR count). The SMILES string of the molecule is CCN1\C(=C/C=C/C=C/C2=[N+](CCCCCC(=O)O)c3ccc4ccccc4c3C2(C)C)C(C)(C)c2cc(P(=O)([O-])O)ccc21. The van der Waals surface area contributed by atoms with Crippen molar-refractivity contribution in [3.8, 4) is 0 Å². The molecule has 2 heterocycles. The Labute approximate surface area is 266 Å². The molecule has 8 heteroatoms. The lowest BCUT2D eigenvalue weighted by Crippen LogP contribution is -2.28. The van der Waals surface area contributed by atoms with E-state index in [4.69, 9.17) is 5.11 Å². The molecule has 1 atom stereocenters. The topological polar surface area (TPSA) is 104 Å².